The average Bonchev–Trinajstić information content (AvgIpc) is 3.45. The first-order valence-electron chi connectivity index (χ1n) is 15.0. The molecule has 10 heteroatoms. The Bertz CT molecular complexity index is 892. The largest absolute Gasteiger partial charge is 0.379 e. The van der Waals surface area contributed by atoms with Crippen LogP contribution >= 0.6 is 0 Å². The van der Waals surface area contributed by atoms with E-state index in [9.17, 15) is 9.59 Å². The number of hydrogen-bond donors (Lipinski definition) is 2. The van der Waals surface area contributed by atoms with Gasteiger partial charge in [-0.25, -0.2) is 4.39 Å². The van der Waals surface area contributed by atoms with Gasteiger partial charge in [-0.2, -0.15) is 0 Å². The molecule has 2 aliphatic carbocycles. The van der Waals surface area contributed by atoms with Crippen LogP contribution in [-0.4, -0.2) is 128 Å². The molecule has 2 N–H and O–H groups in total. The second-order valence-electron chi connectivity index (χ2n) is 11.9. The Labute approximate surface area is 225 Å². The number of morpholine rings is 2. The lowest BCUT2D eigenvalue weighted by molar-refractivity contribution is -0.197. The number of carbonyl (C=O) groups is 2. The van der Waals surface area contributed by atoms with Gasteiger partial charge in [0.05, 0.1) is 49.1 Å². The van der Waals surface area contributed by atoms with Crippen LogP contribution in [0.5, 0.6) is 0 Å². The molecule has 0 radical (unpaired) electrons. The molecule has 5 fully saturated rings. The van der Waals surface area contributed by atoms with E-state index in [1.54, 1.807) is 0 Å². The van der Waals surface area contributed by atoms with E-state index in [1.807, 2.05) is 6.20 Å². The fourth-order valence-corrected chi connectivity index (χ4v) is 7.63. The zero-order valence-electron chi connectivity index (χ0n) is 22.5. The number of carbonyl (C=O) groups excluding carboxylic acids is 2. The van der Waals surface area contributed by atoms with Gasteiger partial charge >= 0.3 is 0 Å². The number of nitrogens with one attached hydrogen (secondary N) is 2. The number of nitrogens with zero attached hydrogens (tertiary/aromatic N) is 3. The summed E-state index contributed by atoms with van der Waals surface area (Å²) >= 11 is 0. The highest BCUT2D eigenvalue weighted by Crippen LogP contribution is 2.45. The Morgan fingerprint density at radius 3 is 2.55 bits per heavy atom. The molecule has 6 rings (SSSR count). The molecule has 7 atom stereocenters. The summed E-state index contributed by atoms with van der Waals surface area (Å²) in [5.74, 6) is -1.09. The molecule has 7 unspecified atom stereocenters. The maximum atomic E-state index is 15.8. The number of fused-ring (bicyclic) bond motifs is 2. The van der Waals surface area contributed by atoms with Crippen molar-refractivity contribution in [2.24, 2.45) is 5.92 Å². The molecule has 1 amide bonds. The van der Waals surface area contributed by atoms with Gasteiger partial charge in [0.2, 0.25) is 0 Å². The highest BCUT2D eigenvalue weighted by Gasteiger charge is 2.58. The summed E-state index contributed by atoms with van der Waals surface area (Å²) in [5, 5.41) is 6.46. The number of likely N-dealkylation sites (tertiary alicyclic amines) is 1. The number of ether oxygens (including phenoxy) is 2. The summed E-state index contributed by atoms with van der Waals surface area (Å²) in [7, 11) is 0. The van der Waals surface area contributed by atoms with Crippen LogP contribution in [-0.2, 0) is 19.1 Å². The molecule has 2 saturated carbocycles. The lowest BCUT2D eigenvalue weighted by Crippen LogP contribution is -2.73. The third-order valence-corrected chi connectivity index (χ3v) is 9.65. The van der Waals surface area contributed by atoms with Gasteiger partial charge < -0.3 is 29.9 Å². The van der Waals surface area contributed by atoms with E-state index in [0.717, 1.165) is 78.2 Å². The van der Waals surface area contributed by atoms with Crippen molar-refractivity contribution in [3.05, 3.63) is 11.8 Å². The van der Waals surface area contributed by atoms with Gasteiger partial charge in [-0.1, -0.05) is 12.8 Å². The van der Waals surface area contributed by atoms with E-state index < -0.39 is 24.2 Å². The summed E-state index contributed by atoms with van der Waals surface area (Å²) in [5.41, 5.74) is 0.198. The minimum atomic E-state index is -1.20. The highest BCUT2D eigenvalue weighted by molar-refractivity contribution is 6.20. The molecule has 4 heterocycles. The quantitative estimate of drug-likeness (QED) is 0.441. The van der Waals surface area contributed by atoms with Gasteiger partial charge in [-0.05, 0) is 45.2 Å². The fourth-order valence-electron chi connectivity index (χ4n) is 7.63. The van der Waals surface area contributed by atoms with Gasteiger partial charge in [-0.3, -0.25) is 14.5 Å². The van der Waals surface area contributed by atoms with E-state index in [4.69, 9.17) is 9.47 Å². The van der Waals surface area contributed by atoms with E-state index >= 15 is 4.39 Å². The topological polar surface area (TPSA) is 86.4 Å². The first-order valence-corrected chi connectivity index (χ1v) is 15.0. The smallest absolute Gasteiger partial charge is 0.256 e. The molecular weight excluding hydrogens is 489 g/mol. The first kappa shape index (κ1) is 26.6. The van der Waals surface area contributed by atoms with Crippen LogP contribution < -0.4 is 10.6 Å². The maximum Gasteiger partial charge on any atom is 0.256 e. The normalized spacial score (nSPS) is 37.9. The summed E-state index contributed by atoms with van der Waals surface area (Å²) in [6, 6.07) is -0.547. The van der Waals surface area contributed by atoms with Crippen LogP contribution in [0.1, 0.15) is 44.9 Å². The third-order valence-electron chi connectivity index (χ3n) is 9.65. The summed E-state index contributed by atoms with van der Waals surface area (Å²) in [6.45, 7) is 8.25. The number of Topliss-reactive ketones (excluding diaryl/α,β-unsaturated/α-hetero) is 1. The van der Waals surface area contributed by atoms with Crippen LogP contribution in [0, 0.1) is 5.92 Å². The zero-order chi connectivity index (χ0) is 26.1. The second-order valence-corrected chi connectivity index (χ2v) is 11.9. The van der Waals surface area contributed by atoms with Crippen molar-refractivity contribution in [2.45, 2.75) is 81.5 Å². The van der Waals surface area contributed by atoms with Gasteiger partial charge in [0.25, 0.3) is 5.91 Å². The Hall–Kier alpha value is -1.59. The summed E-state index contributed by atoms with van der Waals surface area (Å²) in [6.07, 6.45) is 6.86. The van der Waals surface area contributed by atoms with Gasteiger partial charge in [0.15, 0.2) is 5.78 Å². The average molecular weight is 534 g/mol. The van der Waals surface area contributed by atoms with Gasteiger partial charge in [-0.15, -0.1) is 0 Å². The molecular formula is C28H44FN5O4. The third kappa shape index (κ3) is 5.39. The van der Waals surface area contributed by atoms with Crippen molar-refractivity contribution in [3.63, 3.8) is 0 Å². The molecule has 6 aliphatic rings. The number of halogens is 1. The number of ketones is 1. The number of hydrogen-bond acceptors (Lipinski definition) is 8. The lowest BCUT2D eigenvalue weighted by atomic mass is 9.69. The fraction of sp³-hybridized carbons (Fsp3) is 0.857. The predicted octanol–water partition coefficient (Wildman–Crippen LogP) is 0.694. The Morgan fingerprint density at radius 2 is 1.74 bits per heavy atom. The molecule has 4 aliphatic heterocycles. The van der Waals surface area contributed by atoms with Crippen molar-refractivity contribution in [2.75, 3.05) is 65.6 Å². The molecule has 0 aromatic rings. The number of rotatable bonds is 8. The Kier molecular flexibility index (Phi) is 8.32. The van der Waals surface area contributed by atoms with Crippen molar-refractivity contribution in [1.82, 2.24) is 25.3 Å². The van der Waals surface area contributed by atoms with E-state index in [0.29, 0.717) is 13.1 Å². The molecule has 38 heavy (non-hydrogen) atoms. The molecule has 9 nitrogen and oxygen atoms in total. The minimum absolute atomic E-state index is 0.00317. The maximum absolute atomic E-state index is 15.8. The molecule has 0 spiro atoms. The highest BCUT2D eigenvalue weighted by atomic mass is 19.1. The van der Waals surface area contributed by atoms with E-state index in [1.165, 1.54) is 12.8 Å². The first-order chi connectivity index (χ1) is 18.6. The van der Waals surface area contributed by atoms with Crippen LogP contribution in [0.4, 0.5) is 4.39 Å². The molecule has 0 bridgehead atoms. The molecule has 0 aromatic carbocycles. The lowest BCUT2D eigenvalue weighted by Gasteiger charge is -2.59. The summed E-state index contributed by atoms with van der Waals surface area (Å²) in [4.78, 5) is 33.8. The molecule has 3 saturated heterocycles. The van der Waals surface area contributed by atoms with Crippen LogP contribution in [0.2, 0.25) is 0 Å². The zero-order valence-corrected chi connectivity index (χ0v) is 22.5. The van der Waals surface area contributed by atoms with E-state index in [-0.39, 0.29) is 41.9 Å². The number of alkyl halides is 1. The van der Waals surface area contributed by atoms with Crippen molar-refractivity contribution >= 4 is 11.7 Å². The standard InChI is InChI=1S/C28H44FN5O4/c29-21-17-19-25-27(24(21)30-7-11-33-13-15-37-16-14-33)38-23-6-2-1-5-22(23)34(25)18-20(26(19)35)28(36)31-8-12-32-9-3-4-10-32/h18-19,21-25,27,30H,1-17H2,(H,31,36). The second kappa shape index (κ2) is 11.9. The van der Waals surface area contributed by atoms with E-state index in [2.05, 4.69) is 25.3 Å². The van der Waals surface area contributed by atoms with Crippen LogP contribution in [0.25, 0.3) is 0 Å². The van der Waals surface area contributed by atoms with Crippen molar-refractivity contribution < 1.29 is 23.5 Å². The molecule has 212 valence electrons. The van der Waals surface area contributed by atoms with Crippen LogP contribution in [0.3, 0.4) is 0 Å². The molecule has 0 aromatic heterocycles. The summed E-state index contributed by atoms with van der Waals surface area (Å²) < 4.78 is 27.9. The Morgan fingerprint density at radius 1 is 1.00 bits per heavy atom. The van der Waals surface area contributed by atoms with Gasteiger partial charge in [0, 0.05) is 51.4 Å². The monoisotopic (exact) mass is 533 g/mol. The Balaban J connectivity index is 1.18. The van der Waals surface area contributed by atoms with Crippen LogP contribution in [0.15, 0.2) is 11.8 Å². The SMILES string of the molecule is O=C(NCCN1CCCC1)C1=CN2C3CCCCC3OC3C(NCCN4CCOCC4)C(F)CC(C1=O)C32. The minimum Gasteiger partial charge on any atom is -0.379 e. The van der Waals surface area contributed by atoms with Crippen molar-refractivity contribution in [3.8, 4) is 0 Å². The van der Waals surface area contributed by atoms with Gasteiger partial charge in [0.1, 0.15) is 6.17 Å². The number of amides is 1. The van der Waals surface area contributed by atoms with Crippen molar-refractivity contribution in [1.29, 1.82) is 0 Å². The predicted molar refractivity (Wildman–Crippen MR) is 140 cm³/mol.